The van der Waals surface area contributed by atoms with E-state index in [1.807, 2.05) is 12.1 Å². The summed E-state index contributed by atoms with van der Waals surface area (Å²) in [6.45, 7) is 6.36. The van der Waals surface area contributed by atoms with E-state index in [2.05, 4.69) is 272 Å². The number of isothiocyanates is 1. The van der Waals surface area contributed by atoms with Gasteiger partial charge in [-0.3, -0.25) is 0 Å². The smallest absolute Gasteiger partial charge is 0.218 e. The van der Waals surface area contributed by atoms with Crippen LogP contribution in [0.2, 0.25) is 0 Å². The first-order chi connectivity index (χ1) is 35.4. The van der Waals surface area contributed by atoms with Gasteiger partial charge in [0.15, 0.2) is 37.2 Å². The van der Waals surface area contributed by atoms with Crippen LogP contribution in [-0.2, 0) is 0 Å². The van der Waals surface area contributed by atoms with Crippen molar-refractivity contribution in [2.45, 2.75) is 20.8 Å². The second kappa shape index (κ2) is 18.6. The van der Waals surface area contributed by atoms with Crippen LogP contribution >= 0.6 is 12.2 Å². The second-order valence-corrected chi connectivity index (χ2v) is 18.5. The van der Waals surface area contributed by atoms with Gasteiger partial charge in [-0.1, -0.05) is 48.5 Å². The zero-order valence-electron chi connectivity index (χ0n) is 40.0. The monoisotopic (exact) mass is 949 g/mol. The third-order valence-corrected chi connectivity index (χ3v) is 13.7. The van der Waals surface area contributed by atoms with Crippen molar-refractivity contribution in [2.24, 2.45) is 4.99 Å². The van der Waals surface area contributed by atoms with Crippen molar-refractivity contribution < 1.29 is 13.7 Å². The topological polar surface area (TPSA) is 87.2 Å². The van der Waals surface area contributed by atoms with Gasteiger partial charge in [-0.15, -0.1) is 0 Å². The molecule has 0 fully saturated rings. The van der Waals surface area contributed by atoms with Crippen molar-refractivity contribution in [3.05, 3.63) is 302 Å². The van der Waals surface area contributed by atoms with Gasteiger partial charge in [-0.25, -0.2) is 0 Å². The maximum Gasteiger partial charge on any atom is 0.218 e. The third-order valence-electron chi connectivity index (χ3n) is 13.6. The standard InChI is InChI=1S/C63H49N8S/c1-41-28-34-69(35-29-41)57-13-7-4-10-46(57)61-51-22-20-49(65-51)60(44-16-18-45(19-17-44)64-40-72)50-21-23-52(66-50)62(47-11-5-8-14-58(47)70-36-30-42(2)31-37-70)54-25-27-56(68-54)63(55-26-24-53(61)67-55)48-12-6-9-15-59(48)71-38-32-43(3)33-39-71/h4-39,65-68H,1-3H3/q+3. The highest BCUT2D eigenvalue weighted by Gasteiger charge is 2.25. The molecular formula is C63H49N8S+3. The first-order valence-corrected chi connectivity index (χ1v) is 24.5. The largest absolute Gasteiger partial charge is 0.354 e. The average Bonchev–Trinajstić information content (AvgIpc) is 4.27. The Morgan fingerprint density at radius 1 is 0.347 bits per heavy atom. The number of hydrogen-bond acceptors (Lipinski definition) is 2. The van der Waals surface area contributed by atoms with E-state index in [4.69, 9.17) is 12.2 Å². The van der Waals surface area contributed by atoms with Crippen molar-refractivity contribution in [1.29, 1.82) is 0 Å². The molecule has 0 spiro atoms. The first kappa shape index (κ1) is 44.0. The zero-order chi connectivity index (χ0) is 48.7. The lowest BCUT2D eigenvalue weighted by atomic mass is 10.00. The Labute approximate surface area is 422 Å². The summed E-state index contributed by atoms with van der Waals surface area (Å²) in [5.74, 6) is 0. The number of nitrogens with zero attached hydrogens (tertiary/aromatic N) is 4. The molecule has 4 N–H and O–H groups in total. The predicted octanol–water partition coefficient (Wildman–Crippen LogP) is 8.79. The van der Waals surface area contributed by atoms with E-state index < -0.39 is 0 Å². The van der Waals surface area contributed by atoms with Crippen molar-refractivity contribution in [2.75, 3.05) is 0 Å². The molecule has 0 aliphatic carbocycles. The molecule has 8 heterocycles. The lowest BCUT2D eigenvalue weighted by Gasteiger charge is -2.11. The predicted molar refractivity (Wildman–Crippen MR) is 287 cm³/mol. The van der Waals surface area contributed by atoms with Crippen molar-refractivity contribution in [3.63, 3.8) is 0 Å². The molecule has 0 radical (unpaired) electrons. The summed E-state index contributed by atoms with van der Waals surface area (Å²) in [4.78, 5) is 20.3. The van der Waals surface area contributed by atoms with E-state index in [0.29, 0.717) is 0 Å². The molecule has 72 heavy (non-hydrogen) atoms. The number of H-pyrrole nitrogens is 4. The van der Waals surface area contributed by atoms with E-state index >= 15 is 0 Å². The van der Waals surface area contributed by atoms with E-state index in [-0.39, 0.29) is 0 Å². The first-order valence-electron chi connectivity index (χ1n) is 24.0. The van der Waals surface area contributed by atoms with Crippen molar-refractivity contribution in [1.82, 2.24) is 19.9 Å². The molecule has 1 aliphatic heterocycles. The number of aryl methyl sites for hydroxylation is 3. The second-order valence-electron chi connectivity index (χ2n) is 18.3. The molecule has 9 heteroatoms. The summed E-state index contributed by atoms with van der Waals surface area (Å²) in [7, 11) is 0. The number of hydrogen-bond donors (Lipinski definition) is 4. The minimum Gasteiger partial charge on any atom is -0.354 e. The molecule has 7 aromatic heterocycles. The van der Waals surface area contributed by atoms with Gasteiger partial charge in [-0.05, 0) is 134 Å². The van der Waals surface area contributed by atoms with Gasteiger partial charge in [0.25, 0.3) is 0 Å². The Kier molecular flexibility index (Phi) is 11.3. The Hall–Kier alpha value is -9.27. The number of pyridine rings is 3. The van der Waals surface area contributed by atoms with Gasteiger partial charge in [0, 0.05) is 121 Å². The Bertz CT molecular complexity index is 4160. The highest BCUT2D eigenvalue weighted by atomic mass is 32.1. The number of nitrogens with one attached hydrogen (secondary N) is 4. The molecule has 12 rings (SSSR count). The van der Waals surface area contributed by atoms with Crippen LogP contribution < -0.4 is 35.1 Å². The number of aliphatic imine (C=N–C) groups is 1. The SMILES string of the molecule is Cc1cc[n+](-c2ccccc2C2=c3ccc([nH]3)=C(c3ccc(N=C=S)cc3)c3ccc([nH]3)C(c3ccccc3-[n+]3ccc(C)cc3)=c3ccc([nH]3)=C(c3ccccc3-[n+]3ccc(C)cc3)c3ccc2[nH]3)cc1. The Balaban J connectivity index is 1.22. The zero-order valence-corrected chi connectivity index (χ0v) is 40.8. The number of aromatic nitrogens is 7. The number of benzene rings is 4. The Morgan fingerprint density at radius 3 is 1.01 bits per heavy atom. The summed E-state index contributed by atoms with van der Waals surface area (Å²) in [5.41, 5.74) is 19.5. The molecule has 344 valence electrons. The van der Waals surface area contributed by atoms with E-state index in [1.165, 1.54) is 16.7 Å². The van der Waals surface area contributed by atoms with Crippen molar-refractivity contribution >= 4 is 45.4 Å². The van der Waals surface area contributed by atoms with Crippen LogP contribution in [0.3, 0.4) is 0 Å². The van der Waals surface area contributed by atoms with Crippen molar-refractivity contribution in [3.8, 4) is 17.1 Å². The molecule has 0 saturated carbocycles. The molecule has 0 unspecified atom stereocenters. The fraction of sp³-hybridized carbons (Fsp3) is 0.0476. The maximum absolute atomic E-state index is 4.99. The summed E-state index contributed by atoms with van der Waals surface area (Å²) in [6.07, 6.45) is 12.8. The van der Waals surface area contributed by atoms with E-state index in [0.717, 1.165) is 111 Å². The van der Waals surface area contributed by atoms with Crippen LogP contribution in [0, 0.1) is 20.8 Å². The number of para-hydroxylation sites is 3. The highest BCUT2D eigenvalue weighted by molar-refractivity contribution is 7.78. The van der Waals surface area contributed by atoms with Crippen LogP contribution in [0.4, 0.5) is 5.69 Å². The summed E-state index contributed by atoms with van der Waals surface area (Å²) in [6, 6.07) is 64.6. The van der Waals surface area contributed by atoms with Crippen LogP contribution in [0.15, 0.2) is 224 Å². The van der Waals surface area contributed by atoms with Crippen LogP contribution in [0.5, 0.6) is 0 Å². The molecule has 8 nitrogen and oxygen atoms in total. The van der Waals surface area contributed by atoms with Gasteiger partial charge in [0.05, 0.1) is 27.5 Å². The fourth-order valence-corrected chi connectivity index (χ4v) is 10.1. The lowest BCUT2D eigenvalue weighted by molar-refractivity contribution is -0.596. The van der Waals surface area contributed by atoms with Gasteiger partial charge in [0.2, 0.25) is 17.1 Å². The molecular weight excluding hydrogens is 901 g/mol. The van der Waals surface area contributed by atoms with Crippen LogP contribution in [0.25, 0.3) is 39.4 Å². The van der Waals surface area contributed by atoms with Gasteiger partial charge >= 0.3 is 0 Å². The molecule has 11 aromatic rings. The fourth-order valence-electron chi connectivity index (χ4n) is 9.98. The normalized spacial score (nSPS) is 12.3. The molecule has 8 bridgehead atoms. The third kappa shape index (κ3) is 8.18. The van der Waals surface area contributed by atoms with Gasteiger partial charge in [-0.2, -0.15) is 18.7 Å². The number of fused-ring (bicyclic) bond motifs is 8. The lowest BCUT2D eigenvalue weighted by Crippen LogP contribution is -2.32. The number of aromatic amines is 4. The minimum absolute atomic E-state index is 0.741. The quantitative estimate of drug-likeness (QED) is 0.0686. The van der Waals surface area contributed by atoms with E-state index in [9.17, 15) is 0 Å². The molecule has 0 saturated heterocycles. The molecule has 1 aliphatic rings. The number of rotatable bonds is 8. The molecule has 0 amide bonds. The summed E-state index contributed by atoms with van der Waals surface area (Å²) < 4.78 is 6.59. The van der Waals surface area contributed by atoms with Crippen LogP contribution in [-0.4, -0.2) is 25.1 Å². The van der Waals surface area contributed by atoms with Crippen LogP contribution in [0.1, 0.15) is 61.7 Å². The minimum atomic E-state index is 0.741. The number of thiocarbonyl (C=S) groups is 1. The summed E-state index contributed by atoms with van der Waals surface area (Å²) in [5, 5.41) is 6.34. The average molecular weight is 950 g/mol. The molecule has 0 atom stereocenters. The van der Waals surface area contributed by atoms with Gasteiger partial charge < -0.3 is 19.9 Å². The maximum atomic E-state index is 4.99. The van der Waals surface area contributed by atoms with E-state index in [1.54, 1.807) is 0 Å². The molecule has 4 aromatic carbocycles. The highest BCUT2D eigenvalue weighted by Crippen LogP contribution is 2.31. The van der Waals surface area contributed by atoms with Gasteiger partial charge in [0.1, 0.15) is 0 Å². The Morgan fingerprint density at radius 2 is 0.667 bits per heavy atom. The summed E-state index contributed by atoms with van der Waals surface area (Å²) >= 11 is 4.99.